The summed E-state index contributed by atoms with van der Waals surface area (Å²) in [7, 11) is 0. The van der Waals surface area contributed by atoms with E-state index in [4.69, 9.17) is 4.74 Å². The van der Waals surface area contributed by atoms with Crippen LogP contribution in [0.25, 0.3) is 0 Å². The second-order valence-corrected chi connectivity index (χ2v) is 3.53. The molecule has 0 amide bonds. The molecular formula is C8H17LiO. The molecule has 0 aliphatic rings. The second-order valence-electron chi connectivity index (χ2n) is 3.53. The minimum Gasteiger partial charge on any atom is -0.378 e. The number of rotatable bonds is 2. The third-order valence-corrected chi connectivity index (χ3v) is 0.801. The second kappa shape index (κ2) is 5.24. The van der Waals surface area contributed by atoms with Crippen LogP contribution in [0.15, 0.2) is 0 Å². The maximum atomic E-state index is 5.43. The molecule has 10 heavy (non-hydrogen) atoms. The van der Waals surface area contributed by atoms with Crippen LogP contribution in [0.1, 0.15) is 27.7 Å². The molecule has 0 rings (SSSR count). The molecule has 1 nitrogen and oxygen atoms in total. The molecule has 0 saturated heterocycles. The molecule has 0 aliphatic heterocycles. The van der Waals surface area contributed by atoms with Crippen molar-refractivity contribution in [2.24, 2.45) is 5.92 Å². The van der Waals surface area contributed by atoms with Gasteiger partial charge >= 0.3 is 18.9 Å². The maximum absolute atomic E-state index is 5.43. The summed E-state index contributed by atoms with van der Waals surface area (Å²) in [5.41, 5.74) is -0.00799. The number of hydrogen-bond donors (Lipinski definition) is 0. The molecule has 0 aromatic rings. The van der Waals surface area contributed by atoms with E-state index in [9.17, 15) is 0 Å². The molecule has 1 unspecified atom stereocenters. The summed E-state index contributed by atoms with van der Waals surface area (Å²) in [6.45, 7) is 12.8. The monoisotopic (exact) mass is 136 g/mol. The largest absolute Gasteiger partial charge is 1.00 e. The van der Waals surface area contributed by atoms with Crippen LogP contribution in [0, 0.1) is 12.8 Å². The average Bonchev–Trinajstić information content (AvgIpc) is 1.59. The van der Waals surface area contributed by atoms with E-state index in [1.54, 1.807) is 0 Å². The molecule has 0 fully saturated rings. The van der Waals surface area contributed by atoms with E-state index in [-0.39, 0.29) is 24.5 Å². The third-order valence-electron chi connectivity index (χ3n) is 0.801. The Kier molecular flexibility index (Phi) is 6.90. The molecule has 2 heteroatoms. The fourth-order valence-corrected chi connectivity index (χ4v) is 0.392. The average molecular weight is 136 g/mol. The van der Waals surface area contributed by atoms with Gasteiger partial charge < -0.3 is 11.7 Å². The fraction of sp³-hybridized carbons (Fsp3) is 0.875. The Morgan fingerprint density at radius 3 is 1.90 bits per heavy atom. The first-order valence-electron chi connectivity index (χ1n) is 3.39. The summed E-state index contributed by atoms with van der Waals surface area (Å²) in [5.74, 6) is 0.393. The van der Waals surface area contributed by atoms with Crippen molar-refractivity contribution >= 4 is 0 Å². The topological polar surface area (TPSA) is 9.23 Å². The molecule has 0 heterocycles. The standard InChI is InChI=1S/C8H17O.Li/c1-7(2)6-9-8(3,4)5;/h7H,1,6H2,2-5H3;/q-1;+1. The Hall–Kier alpha value is 0.557. The van der Waals surface area contributed by atoms with E-state index >= 15 is 0 Å². The van der Waals surface area contributed by atoms with E-state index in [0.29, 0.717) is 5.92 Å². The van der Waals surface area contributed by atoms with Crippen LogP contribution in [0.5, 0.6) is 0 Å². The van der Waals surface area contributed by atoms with Gasteiger partial charge in [-0.05, 0) is 20.8 Å². The van der Waals surface area contributed by atoms with Crippen LogP contribution in [-0.2, 0) is 4.74 Å². The van der Waals surface area contributed by atoms with Gasteiger partial charge in [-0.3, -0.25) is 0 Å². The molecule has 0 aliphatic carbocycles. The summed E-state index contributed by atoms with van der Waals surface area (Å²) in [4.78, 5) is 0. The van der Waals surface area contributed by atoms with Crippen molar-refractivity contribution in [3.8, 4) is 0 Å². The van der Waals surface area contributed by atoms with Crippen LogP contribution in [0.3, 0.4) is 0 Å². The predicted molar refractivity (Wildman–Crippen MR) is 40.2 cm³/mol. The van der Waals surface area contributed by atoms with Crippen LogP contribution in [0.4, 0.5) is 0 Å². The number of ether oxygens (including phenoxy) is 1. The van der Waals surface area contributed by atoms with E-state index in [1.807, 2.05) is 6.92 Å². The summed E-state index contributed by atoms with van der Waals surface area (Å²) >= 11 is 0. The molecule has 1 atom stereocenters. The molecule has 0 radical (unpaired) electrons. The quantitative estimate of drug-likeness (QED) is 0.359. The maximum Gasteiger partial charge on any atom is 1.00 e. The summed E-state index contributed by atoms with van der Waals surface area (Å²) < 4.78 is 5.43. The summed E-state index contributed by atoms with van der Waals surface area (Å²) in [5, 5.41) is 0. The van der Waals surface area contributed by atoms with E-state index in [1.165, 1.54) is 0 Å². The van der Waals surface area contributed by atoms with Gasteiger partial charge in [0.05, 0.1) is 5.60 Å². The summed E-state index contributed by atoms with van der Waals surface area (Å²) in [6, 6.07) is 0. The molecule has 0 bridgehead atoms. The first-order valence-corrected chi connectivity index (χ1v) is 3.39. The normalized spacial score (nSPS) is 14.1. The van der Waals surface area contributed by atoms with Gasteiger partial charge in [0.2, 0.25) is 0 Å². The van der Waals surface area contributed by atoms with Crippen LogP contribution < -0.4 is 18.9 Å². The molecule has 56 valence electrons. The van der Waals surface area contributed by atoms with Crippen molar-refractivity contribution in [3.63, 3.8) is 0 Å². The van der Waals surface area contributed by atoms with Crippen LogP contribution >= 0.6 is 0 Å². The van der Waals surface area contributed by atoms with Gasteiger partial charge in [-0.1, -0.05) is 6.92 Å². The predicted octanol–water partition coefficient (Wildman–Crippen LogP) is -0.724. The van der Waals surface area contributed by atoms with Gasteiger partial charge in [0.15, 0.2) is 0 Å². The zero-order chi connectivity index (χ0) is 7.49. The molecule has 0 aromatic heterocycles. The van der Waals surface area contributed by atoms with E-state index in [0.717, 1.165) is 6.61 Å². The van der Waals surface area contributed by atoms with Crippen LogP contribution in [-0.4, -0.2) is 12.2 Å². The minimum absolute atomic E-state index is 0. The number of hydrogen-bond acceptors (Lipinski definition) is 1. The van der Waals surface area contributed by atoms with Crippen molar-refractivity contribution in [1.82, 2.24) is 0 Å². The first-order chi connectivity index (χ1) is 3.92. The van der Waals surface area contributed by atoms with E-state index < -0.39 is 0 Å². The van der Waals surface area contributed by atoms with Gasteiger partial charge in [-0.25, -0.2) is 0 Å². The zero-order valence-electron chi connectivity index (χ0n) is 7.90. The smallest absolute Gasteiger partial charge is 0.378 e. The Balaban J connectivity index is 0. The first kappa shape index (κ1) is 13.2. The van der Waals surface area contributed by atoms with Gasteiger partial charge in [-0.15, -0.1) is 5.92 Å². The third kappa shape index (κ3) is 11.4. The van der Waals surface area contributed by atoms with E-state index in [2.05, 4.69) is 27.7 Å². The summed E-state index contributed by atoms with van der Waals surface area (Å²) in [6.07, 6.45) is 0. The van der Waals surface area contributed by atoms with Gasteiger partial charge in [0.25, 0.3) is 0 Å². The Morgan fingerprint density at radius 1 is 1.40 bits per heavy atom. The van der Waals surface area contributed by atoms with Gasteiger partial charge in [-0.2, -0.15) is 0 Å². The molecule has 0 spiro atoms. The van der Waals surface area contributed by atoms with Crippen molar-refractivity contribution < 1.29 is 23.6 Å². The van der Waals surface area contributed by atoms with Gasteiger partial charge in [0.1, 0.15) is 0 Å². The van der Waals surface area contributed by atoms with Crippen molar-refractivity contribution in [2.45, 2.75) is 33.3 Å². The van der Waals surface area contributed by atoms with Gasteiger partial charge in [0, 0.05) is 6.61 Å². The van der Waals surface area contributed by atoms with Crippen molar-refractivity contribution in [2.75, 3.05) is 6.61 Å². The Labute approximate surface area is 76.7 Å². The fourth-order valence-electron chi connectivity index (χ4n) is 0.392. The SMILES string of the molecule is [CH2-]C(C)COC(C)(C)C.[Li+]. The minimum atomic E-state index is -0.00799. The molecule has 0 N–H and O–H groups in total. The van der Waals surface area contributed by atoms with Crippen molar-refractivity contribution in [1.29, 1.82) is 0 Å². The van der Waals surface area contributed by atoms with Crippen molar-refractivity contribution in [3.05, 3.63) is 6.92 Å². The molecule has 0 aromatic carbocycles. The van der Waals surface area contributed by atoms with Crippen LogP contribution in [0.2, 0.25) is 0 Å². The molecule has 0 saturated carbocycles. The Bertz CT molecular complexity index is 73.8. The zero-order valence-corrected chi connectivity index (χ0v) is 7.90. The Morgan fingerprint density at radius 2 is 1.80 bits per heavy atom. The molecular weight excluding hydrogens is 119 g/mol.